The Bertz CT molecular complexity index is 601. The van der Waals surface area contributed by atoms with E-state index in [2.05, 4.69) is 63.8 Å². The molecule has 0 fully saturated rings. The van der Waals surface area contributed by atoms with Crippen LogP contribution in [-0.4, -0.2) is 11.7 Å². The molecule has 116 valence electrons. The highest BCUT2D eigenvalue weighted by molar-refractivity contribution is 9.10. The highest BCUT2D eigenvalue weighted by Crippen LogP contribution is 2.15. The smallest absolute Gasteiger partial charge is 0.170 e. The summed E-state index contributed by atoms with van der Waals surface area (Å²) in [7, 11) is 0. The fourth-order valence-electron chi connectivity index (χ4n) is 2.29. The molecule has 2 aromatic carbocycles. The SMILES string of the molecule is CC[C@H](CNC(=S)Nc1cccc(Br)c1)Cc1ccccc1. The van der Waals surface area contributed by atoms with Crippen molar-refractivity contribution in [2.45, 2.75) is 19.8 Å². The number of nitrogens with one attached hydrogen (secondary N) is 2. The summed E-state index contributed by atoms with van der Waals surface area (Å²) in [5.41, 5.74) is 2.37. The average Bonchev–Trinajstić information content (AvgIpc) is 2.52. The summed E-state index contributed by atoms with van der Waals surface area (Å²) in [6.45, 7) is 3.10. The van der Waals surface area contributed by atoms with Crippen molar-refractivity contribution in [2.24, 2.45) is 5.92 Å². The van der Waals surface area contributed by atoms with Crippen LogP contribution < -0.4 is 10.6 Å². The van der Waals surface area contributed by atoms with Crippen molar-refractivity contribution in [2.75, 3.05) is 11.9 Å². The molecule has 0 spiro atoms. The van der Waals surface area contributed by atoms with E-state index in [0.717, 1.165) is 29.5 Å². The quantitative estimate of drug-likeness (QED) is 0.693. The van der Waals surface area contributed by atoms with E-state index >= 15 is 0 Å². The van der Waals surface area contributed by atoms with Crippen LogP contribution in [0.5, 0.6) is 0 Å². The minimum atomic E-state index is 0.574. The highest BCUT2D eigenvalue weighted by Gasteiger charge is 2.08. The van der Waals surface area contributed by atoms with Crippen LogP contribution in [0, 0.1) is 5.92 Å². The van der Waals surface area contributed by atoms with E-state index < -0.39 is 0 Å². The first-order valence-corrected chi connectivity index (χ1v) is 8.72. The number of halogens is 1. The molecule has 0 unspecified atom stereocenters. The molecule has 0 aliphatic rings. The first-order valence-electron chi connectivity index (χ1n) is 7.51. The van der Waals surface area contributed by atoms with E-state index in [9.17, 15) is 0 Å². The molecule has 2 nitrogen and oxygen atoms in total. The normalized spacial score (nSPS) is 11.7. The van der Waals surface area contributed by atoms with Gasteiger partial charge < -0.3 is 10.6 Å². The van der Waals surface area contributed by atoms with Crippen molar-refractivity contribution in [1.82, 2.24) is 5.32 Å². The van der Waals surface area contributed by atoms with Crippen LogP contribution >= 0.6 is 28.1 Å². The molecule has 0 heterocycles. The summed E-state index contributed by atoms with van der Waals surface area (Å²) in [6, 6.07) is 18.6. The van der Waals surface area contributed by atoms with Gasteiger partial charge in [-0.3, -0.25) is 0 Å². The van der Waals surface area contributed by atoms with Crippen molar-refractivity contribution in [3.8, 4) is 0 Å². The molecule has 0 radical (unpaired) electrons. The Hall–Kier alpha value is -1.39. The minimum Gasteiger partial charge on any atom is -0.362 e. The maximum Gasteiger partial charge on any atom is 0.170 e. The zero-order valence-electron chi connectivity index (χ0n) is 12.7. The van der Waals surface area contributed by atoms with E-state index in [1.54, 1.807) is 0 Å². The van der Waals surface area contributed by atoms with Crippen LogP contribution in [0.4, 0.5) is 5.69 Å². The molecule has 0 aliphatic heterocycles. The molecule has 0 bridgehead atoms. The summed E-state index contributed by atoms with van der Waals surface area (Å²) in [5, 5.41) is 7.21. The lowest BCUT2D eigenvalue weighted by atomic mass is 9.97. The number of hydrogen-bond acceptors (Lipinski definition) is 1. The van der Waals surface area contributed by atoms with Crippen LogP contribution in [0.2, 0.25) is 0 Å². The Morgan fingerprint density at radius 1 is 1.14 bits per heavy atom. The third-order valence-corrected chi connectivity index (χ3v) is 4.32. The molecule has 2 aromatic rings. The lowest BCUT2D eigenvalue weighted by molar-refractivity contribution is 0.498. The Kier molecular flexibility index (Phi) is 6.87. The fraction of sp³-hybridized carbons (Fsp3) is 0.278. The summed E-state index contributed by atoms with van der Waals surface area (Å²) in [4.78, 5) is 0. The lowest BCUT2D eigenvalue weighted by Crippen LogP contribution is -2.33. The first kappa shape index (κ1) is 17.0. The second-order valence-corrected chi connectivity index (χ2v) is 6.63. The van der Waals surface area contributed by atoms with Crippen molar-refractivity contribution < 1.29 is 0 Å². The van der Waals surface area contributed by atoms with Gasteiger partial charge in [0.15, 0.2) is 5.11 Å². The summed E-state index contributed by atoms with van der Waals surface area (Å²) in [5.74, 6) is 0.574. The predicted molar refractivity (Wildman–Crippen MR) is 102 cm³/mol. The van der Waals surface area contributed by atoms with Gasteiger partial charge in [0, 0.05) is 16.7 Å². The molecule has 4 heteroatoms. The topological polar surface area (TPSA) is 24.1 Å². The van der Waals surface area contributed by atoms with Crippen LogP contribution in [0.25, 0.3) is 0 Å². The Balaban J connectivity index is 1.81. The molecule has 0 aromatic heterocycles. The van der Waals surface area contributed by atoms with Gasteiger partial charge in [-0.25, -0.2) is 0 Å². The van der Waals surface area contributed by atoms with E-state index in [4.69, 9.17) is 12.2 Å². The molecule has 0 amide bonds. The summed E-state index contributed by atoms with van der Waals surface area (Å²) in [6.07, 6.45) is 2.20. The lowest BCUT2D eigenvalue weighted by Gasteiger charge is -2.18. The molecule has 2 rings (SSSR count). The predicted octanol–water partition coefficient (Wildman–Crippen LogP) is 5.00. The van der Waals surface area contributed by atoms with Gasteiger partial charge in [-0.1, -0.05) is 65.7 Å². The van der Waals surface area contributed by atoms with Crippen LogP contribution in [-0.2, 0) is 6.42 Å². The van der Waals surface area contributed by atoms with Gasteiger partial charge in [0.25, 0.3) is 0 Å². The summed E-state index contributed by atoms with van der Waals surface area (Å²) >= 11 is 8.83. The maximum atomic E-state index is 5.37. The second-order valence-electron chi connectivity index (χ2n) is 5.31. The molecule has 0 saturated heterocycles. The number of rotatable bonds is 6. The number of benzene rings is 2. The van der Waals surface area contributed by atoms with Crippen molar-refractivity contribution in [3.05, 3.63) is 64.6 Å². The van der Waals surface area contributed by atoms with Gasteiger partial charge >= 0.3 is 0 Å². The van der Waals surface area contributed by atoms with Gasteiger partial charge in [0.05, 0.1) is 0 Å². The first-order chi connectivity index (χ1) is 10.7. The van der Waals surface area contributed by atoms with Crippen LogP contribution in [0.1, 0.15) is 18.9 Å². The molecule has 0 saturated carbocycles. The van der Waals surface area contributed by atoms with E-state index in [1.807, 2.05) is 24.3 Å². The average molecular weight is 377 g/mol. The standard InChI is InChI=1S/C18H21BrN2S/c1-2-14(11-15-7-4-3-5-8-15)13-20-18(22)21-17-10-6-9-16(19)12-17/h3-10,12,14H,2,11,13H2,1H3,(H2,20,21,22)/t14-/m0/s1. The molecular formula is C18H21BrN2S. The minimum absolute atomic E-state index is 0.574. The fourth-order valence-corrected chi connectivity index (χ4v) is 2.89. The zero-order chi connectivity index (χ0) is 15.8. The third kappa shape index (κ3) is 5.78. The van der Waals surface area contributed by atoms with E-state index in [-0.39, 0.29) is 0 Å². The number of anilines is 1. The van der Waals surface area contributed by atoms with E-state index in [0.29, 0.717) is 11.0 Å². The van der Waals surface area contributed by atoms with Crippen molar-refractivity contribution in [3.63, 3.8) is 0 Å². The number of thiocarbonyl (C=S) groups is 1. The Morgan fingerprint density at radius 2 is 1.91 bits per heavy atom. The summed E-state index contributed by atoms with van der Waals surface area (Å²) < 4.78 is 1.04. The third-order valence-electron chi connectivity index (χ3n) is 3.58. The van der Waals surface area contributed by atoms with E-state index in [1.165, 1.54) is 5.56 Å². The molecule has 1 atom stereocenters. The van der Waals surface area contributed by atoms with Crippen molar-refractivity contribution >= 4 is 38.9 Å². The Morgan fingerprint density at radius 3 is 2.59 bits per heavy atom. The van der Waals surface area contributed by atoms with Gasteiger partial charge in [-0.15, -0.1) is 0 Å². The molecule has 2 N–H and O–H groups in total. The van der Waals surface area contributed by atoms with Crippen molar-refractivity contribution in [1.29, 1.82) is 0 Å². The van der Waals surface area contributed by atoms with Crippen LogP contribution in [0.3, 0.4) is 0 Å². The second kappa shape index (κ2) is 8.91. The highest BCUT2D eigenvalue weighted by atomic mass is 79.9. The van der Waals surface area contributed by atoms with Gasteiger partial charge in [0.1, 0.15) is 0 Å². The zero-order valence-corrected chi connectivity index (χ0v) is 15.1. The van der Waals surface area contributed by atoms with Gasteiger partial charge in [0.2, 0.25) is 0 Å². The number of hydrogen-bond donors (Lipinski definition) is 2. The molecule has 22 heavy (non-hydrogen) atoms. The Labute approximate surface area is 146 Å². The van der Waals surface area contributed by atoms with Crippen LogP contribution in [0.15, 0.2) is 59.1 Å². The monoisotopic (exact) mass is 376 g/mol. The molecule has 0 aliphatic carbocycles. The maximum absolute atomic E-state index is 5.37. The molecular weight excluding hydrogens is 356 g/mol. The van der Waals surface area contributed by atoms with Gasteiger partial charge in [-0.2, -0.15) is 0 Å². The largest absolute Gasteiger partial charge is 0.362 e. The van der Waals surface area contributed by atoms with Gasteiger partial charge in [-0.05, 0) is 48.3 Å².